The smallest absolute Gasteiger partial charge is 0.323 e. The summed E-state index contributed by atoms with van der Waals surface area (Å²) in [4.78, 5) is 19.6. The molecule has 0 heterocycles. The van der Waals surface area contributed by atoms with Crippen molar-refractivity contribution >= 4 is 18.4 Å². The van der Waals surface area contributed by atoms with Crippen molar-refractivity contribution in [2.75, 3.05) is 0 Å². The van der Waals surface area contributed by atoms with Crippen LogP contribution in [-0.2, 0) is 11.1 Å². The molecule has 4 nitrogen and oxygen atoms in total. The summed E-state index contributed by atoms with van der Waals surface area (Å²) >= 11 is 0. The molecule has 0 radical (unpaired) electrons. The van der Waals surface area contributed by atoms with E-state index in [4.69, 9.17) is 0 Å². The fourth-order valence-corrected chi connectivity index (χ4v) is 3.63. The summed E-state index contributed by atoms with van der Waals surface area (Å²) in [5.74, 6) is -1.03. The van der Waals surface area contributed by atoms with Gasteiger partial charge in [0, 0.05) is 6.54 Å². The molecule has 0 aliphatic rings. The van der Waals surface area contributed by atoms with Crippen molar-refractivity contribution in [2.24, 2.45) is 0 Å². The van der Waals surface area contributed by atoms with Gasteiger partial charge in [-0.15, -0.1) is 0 Å². The average Bonchev–Trinajstić information content (AvgIpc) is 2.55. The predicted octanol–water partition coefficient (Wildman–Crippen LogP) is 3.81. The Labute approximate surface area is 135 Å². The zero-order chi connectivity index (χ0) is 16.3. The third-order valence-corrected chi connectivity index (χ3v) is 4.93. The topological polar surface area (TPSA) is 69.6 Å². The van der Waals surface area contributed by atoms with Gasteiger partial charge in [-0.2, -0.15) is 0 Å². The molecule has 3 rings (SSSR count). The molecule has 23 heavy (non-hydrogen) atoms. The highest BCUT2D eigenvalue weighted by Crippen LogP contribution is 2.51. The first-order valence-electron chi connectivity index (χ1n) is 7.36. The van der Waals surface area contributed by atoms with Crippen molar-refractivity contribution < 1.29 is 14.4 Å². The minimum absolute atomic E-state index is 0.389. The van der Waals surface area contributed by atoms with E-state index in [-0.39, 0.29) is 0 Å². The van der Waals surface area contributed by atoms with Crippen LogP contribution in [0.1, 0.15) is 16.9 Å². The monoisotopic (exact) mass is 327 g/mol. The fraction of sp³-hybridized carbons (Fsp3) is 0.111. The molecule has 0 spiro atoms. The van der Waals surface area contributed by atoms with Crippen LogP contribution in [0.4, 0.5) is 0 Å². The van der Waals surface area contributed by atoms with Crippen molar-refractivity contribution in [3.63, 3.8) is 0 Å². The van der Waals surface area contributed by atoms with E-state index in [0.717, 1.165) is 16.3 Å². The van der Waals surface area contributed by atoms with E-state index in [1.807, 2.05) is 66.7 Å². The summed E-state index contributed by atoms with van der Waals surface area (Å²) in [6, 6.07) is 22.7. The summed E-state index contributed by atoms with van der Waals surface area (Å²) in [6.45, 7) is 0.389. The van der Waals surface area contributed by atoms with Gasteiger partial charge in [-0.1, -0.05) is 72.8 Å². The lowest BCUT2D eigenvalue weighted by Crippen LogP contribution is -2.21. The molecule has 0 saturated heterocycles. The minimum atomic E-state index is -4.35. The van der Waals surface area contributed by atoms with Crippen LogP contribution in [0.5, 0.6) is 0 Å². The molecular weight excluding hydrogens is 309 g/mol. The van der Waals surface area contributed by atoms with Crippen LogP contribution in [0, 0.1) is 0 Å². The van der Waals surface area contributed by atoms with E-state index >= 15 is 0 Å². The van der Waals surface area contributed by atoms with E-state index in [9.17, 15) is 14.4 Å². The van der Waals surface area contributed by atoms with Crippen LogP contribution in [0.2, 0.25) is 0 Å². The van der Waals surface area contributed by atoms with Gasteiger partial charge in [0.05, 0.1) is 0 Å². The lowest BCUT2D eigenvalue weighted by atomic mass is 10.0. The molecule has 3 aromatic rings. The predicted molar refractivity (Wildman–Crippen MR) is 92.0 cm³/mol. The van der Waals surface area contributed by atoms with Gasteiger partial charge in [-0.05, 0) is 21.9 Å². The van der Waals surface area contributed by atoms with Crippen LogP contribution < -0.4 is 5.32 Å². The molecule has 3 aromatic carbocycles. The van der Waals surface area contributed by atoms with Gasteiger partial charge in [0.25, 0.3) is 0 Å². The first kappa shape index (κ1) is 15.9. The van der Waals surface area contributed by atoms with Gasteiger partial charge in [0.15, 0.2) is 0 Å². The van der Waals surface area contributed by atoms with E-state index in [1.54, 1.807) is 6.07 Å². The van der Waals surface area contributed by atoms with Crippen LogP contribution in [0.15, 0.2) is 72.8 Å². The molecule has 0 aliphatic heterocycles. The molecule has 3 N–H and O–H groups in total. The summed E-state index contributed by atoms with van der Waals surface area (Å²) in [5.41, 5.74) is 1.60. The van der Waals surface area contributed by atoms with E-state index in [2.05, 4.69) is 5.32 Å². The zero-order valence-corrected chi connectivity index (χ0v) is 13.4. The Kier molecular flexibility index (Phi) is 4.60. The van der Waals surface area contributed by atoms with Crippen molar-refractivity contribution in [1.29, 1.82) is 0 Å². The van der Waals surface area contributed by atoms with Crippen molar-refractivity contribution in [2.45, 2.75) is 12.3 Å². The van der Waals surface area contributed by atoms with E-state index < -0.39 is 13.4 Å². The number of fused-ring (bicyclic) bond motifs is 1. The second kappa shape index (κ2) is 6.65. The second-order valence-corrected chi connectivity index (χ2v) is 7.12. The summed E-state index contributed by atoms with van der Waals surface area (Å²) in [5, 5.41) is 4.84. The molecule has 0 aliphatic carbocycles. The van der Waals surface area contributed by atoms with Gasteiger partial charge in [0.2, 0.25) is 0 Å². The Balaban J connectivity index is 1.97. The number of hydrogen-bond acceptors (Lipinski definition) is 2. The summed E-state index contributed by atoms with van der Waals surface area (Å²) < 4.78 is 12.0. The van der Waals surface area contributed by atoms with Gasteiger partial charge in [-0.25, -0.2) is 0 Å². The van der Waals surface area contributed by atoms with Crippen molar-refractivity contribution in [1.82, 2.24) is 5.32 Å². The fourth-order valence-electron chi connectivity index (χ4n) is 2.71. The van der Waals surface area contributed by atoms with Crippen LogP contribution in [-0.4, -0.2) is 9.79 Å². The first-order chi connectivity index (χ1) is 11.1. The standard InChI is InChI=1S/C18H18NO3P/c20-23(21,22)18(19-13-14-7-2-1-3-8-14)17-12-6-10-15-9-4-5-11-16(15)17/h1-12,18-19H,13H2,(H2,20,21,22). The third-order valence-electron chi connectivity index (χ3n) is 3.80. The molecule has 0 bridgehead atoms. The molecule has 0 amide bonds. The number of nitrogens with one attached hydrogen (secondary N) is 1. The van der Waals surface area contributed by atoms with Gasteiger partial charge in [0.1, 0.15) is 5.78 Å². The SMILES string of the molecule is O=P(O)(O)C(NCc1ccccc1)c1cccc2ccccc12. The van der Waals surface area contributed by atoms with Crippen LogP contribution in [0.25, 0.3) is 10.8 Å². The highest BCUT2D eigenvalue weighted by atomic mass is 31.2. The molecule has 5 heteroatoms. The number of benzene rings is 3. The molecule has 0 aromatic heterocycles. The van der Waals surface area contributed by atoms with Crippen LogP contribution in [0.3, 0.4) is 0 Å². The Bertz CT molecular complexity index is 840. The Hall–Kier alpha value is -1.97. The van der Waals surface area contributed by atoms with Gasteiger partial charge >= 0.3 is 7.60 Å². The number of rotatable bonds is 5. The average molecular weight is 327 g/mol. The Morgan fingerprint density at radius 3 is 2.26 bits per heavy atom. The Morgan fingerprint density at radius 1 is 0.870 bits per heavy atom. The molecule has 0 fully saturated rings. The summed E-state index contributed by atoms with van der Waals surface area (Å²) in [6.07, 6.45) is 0. The van der Waals surface area contributed by atoms with Crippen molar-refractivity contribution in [3.05, 3.63) is 83.9 Å². The highest BCUT2D eigenvalue weighted by molar-refractivity contribution is 7.52. The van der Waals surface area contributed by atoms with Crippen LogP contribution >= 0.6 is 7.60 Å². The Morgan fingerprint density at radius 2 is 1.52 bits per heavy atom. The summed E-state index contributed by atoms with van der Waals surface area (Å²) in [7, 11) is -4.35. The second-order valence-electron chi connectivity index (χ2n) is 5.43. The van der Waals surface area contributed by atoms with Gasteiger partial charge in [-0.3, -0.25) is 9.88 Å². The molecule has 1 unspecified atom stereocenters. The van der Waals surface area contributed by atoms with Gasteiger partial charge < -0.3 is 9.79 Å². The molecule has 1 atom stereocenters. The zero-order valence-electron chi connectivity index (χ0n) is 12.5. The first-order valence-corrected chi connectivity index (χ1v) is 9.04. The maximum absolute atomic E-state index is 12.0. The third kappa shape index (κ3) is 3.69. The lowest BCUT2D eigenvalue weighted by molar-refractivity contribution is 0.348. The molecular formula is C18H18NO3P. The highest BCUT2D eigenvalue weighted by Gasteiger charge is 2.31. The lowest BCUT2D eigenvalue weighted by Gasteiger charge is -2.22. The molecule has 0 saturated carbocycles. The quantitative estimate of drug-likeness (QED) is 0.623. The maximum atomic E-state index is 12.0. The normalized spacial score (nSPS) is 13.1. The van der Waals surface area contributed by atoms with E-state index in [0.29, 0.717) is 12.1 Å². The van der Waals surface area contributed by atoms with E-state index in [1.165, 1.54) is 0 Å². The van der Waals surface area contributed by atoms with Crippen molar-refractivity contribution in [3.8, 4) is 0 Å². The number of hydrogen-bond donors (Lipinski definition) is 3. The molecule has 118 valence electrons. The largest absolute Gasteiger partial charge is 0.346 e. The minimum Gasteiger partial charge on any atom is -0.323 e. The maximum Gasteiger partial charge on any atom is 0.346 e.